The lowest BCUT2D eigenvalue weighted by molar-refractivity contribution is -0.143. The Hall–Kier alpha value is -2.25. The van der Waals surface area contributed by atoms with Crippen LogP contribution in [0.1, 0.15) is 31.2 Å². The SMILES string of the molecule is O=C(COc1cccc(C(F)(F)F)c1)N1CCN(C(=O)C2CCCC2)CC1. The van der Waals surface area contributed by atoms with Gasteiger partial charge in [-0.1, -0.05) is 18.9 Å². The number of alkyl halides is 3. The number of piperazine rings is 1. The summed E-state index contributed by atoms with van der Waals surface area (Å²) in [7, 11) is 0. The topological polar surface area (TPSA) is 49.9 Å². The van der Waals surface area contributed by atoms with E-state index < -0.39 is 11.7 Å². The largest absolute Gasteiger partial charge is 0.484 e. The summed E-state index contributed by atoms with van der Waals surface area (Å²) < 4.78 is 43.4. The van der Waals surface area contributed by atoms with Crippen LogP contribution in [-0.2, 0) is 15.8 Å². The monoisotopic (exact) mass is 384 g/mol. The molecule has 0 radical (unpaired) electrons. The smallest absolute Gasteiger partial charge is 0.416 e. The first-order chi connectivity index (χ1) is 12.8. The van der Waals surface area contributed by atoms with Gasteiger partial charge in [-0.3, -0.25) is 9.59 Å². The molecule has 2 amide bonds. The van der Waals surface area contributed by atoms with Gasteiger partial charge in [0.15, 0.2) is 6.61 Å². The van der Waals surface area contributed by atoms with Gasteiger partial charge in [-0.05, 0) is 31.0 Å². The molecule has 0 unspecified atom stereocenters. The number of ether oxygens (including phenoxy) is 1. The molecule has 1 saturated carbocycles. The van der Waals surface area contributed by atoms with E-state index in [0.29, 0.717) is 26.2 Å². The van der Waals surface area contributed by atoms with Crippen molar-refractivity contribution in [3.05, 3.63) is 29.8 Å². The summed E-state index contributed by atoms with van der Waals surface area (Å²) in [4.78, 5) is 28.1. The molecule has 3 rings (SSSR count). The first kappa shape index (κ1) is 19.5. The molecule has 1 saturated heterocycles. The van der Waals surface area contributed by atoms with Crippen LogP contribution in [0.5, 0.6) is 5.75 Å². The number of benzene rings is 1. The molecule has 1 aliphatic carbocycles. The lowest BCUT2D eigenvalue weighted by Gasteiger charge is -2.36. The van der Waals surface area contributed by atoms with Gasteiger partial charge in [0.05, 0.1) is 5.56 Å². The average Bonchev–Trinajstić information content (AvgIpc) is 3.20. The van der Waals surface area contributed by atoms with E-state index in [1.807, 2.05) is 4.90 Å². The summed E-state index contributed by atoms with van der Waals surface area (Å²) in [5.41, 5.74) is -0.813. The predicted octanol–water partition coefficient (Wildman–Crippen LogP) is 2.95. The van der Waals surface area contributed by atoms with Gasteiger partial charge in [0.1, 0.15) is 5.75 Å². The van der Waals surface area contributed by atoms with Crippen LogP contribution in [-0.4, -0.2) is 54.4 Å². The molecular weight excluding hydrogens is 361 g/mol. The molecule has 0 spiro atoms. The van der Waals surface area contributed by atoms with Crippen LogP contribution >= 0.6 is 0 Å². The highest BCUT2D eigenvalue weighted by Crippen LogP contribution is 2.31. The van der Waals surface area contributed by atoms with Crippen LogP contribution in [0.15, 0.2) is 24.3 Å². The Kier molecular flexibility index (Phi) is 5.92. The Morgan fingerprint density at radius 1 is 1.04 bits per heavy atom. The van der Waals surface area contributed by atoms with Gasteiger partial charge in [-0.2, -0.15) is 13.2 Å². The van der Waals surface area contributed by atoms with Crippen LogP contribution in [0.4, 0.5) is 13.2 Å². The lowest BCUT2D eigenvalue weighted by Crippen LogP contribution is -2.52. The van der Waals surface area contributed by atoms with Crippen LogP contribution in [0, 0.1) is 5.92 Å². The van der Waals surface area contributed by atoms with Crippen LogP contribution in [0.3, 0.4) is 0 Å². The number of amides is 2. The third-order valence-corrected chi connectivity index (χ3v) is 5.17. The second-order valence-corrected chi connectivity index (χ2v) is 7.00. The highest BCUT2D eigenvalue weighted by molar-refractivity contribution is 5.80. The van der Waals surface area contributed by atoms with E-state index in [4.69, 9.17) is 4.74 Å². The number of hydrogen-bond donors (Lipinski definition) is 0. The molecule has 5 nitrogen and oxygen atoms in total. The van der Waals surface area contributed by atoms with Crippen molar-refractivity contribution in [1.29, 1.82) is 0 Å². The minimum Gasteiger partial charge on any atom is -0.484 e. The summed E-state index contributed by atoms with van der Waals surface area (Å²) in [5.74, 6) is 0.0184. The Balaban J connectivity index is 1.46. The van der Waals surface area contributed by atoms with Gasteiger partial charge in [0.25, 0.3) is 5.91 Å². The zero-order chi connectivity index (χ0) is 19.4. The maximum Gasteiger partial charge on any atom is 0.416 e. The van der Waals surface area contributed by atoms with Crippen molar-refractivity contribution < 1.29 is 27.5 Å². The number of carbonyl (C=O) groups excluding carboxylic acids is 2. The van der Waals surface area contributed by atoms with Crippen LogP contribution in [0.2, 0.25) is 0 Å². The summed E-state index contributed by atoms with van der Waals surface area (Å²) in [6.45, 7) is 1.50. The zero-order valence-electron chi connectivity index (χ0n) is 15.0. The lowest BCUT2D eigenvalue weighted by atomic mass is 10.1. The Labute approximate surface area is 156 Å². The zero-order valence-corrected chi connectivity index (χ0v) is 15.0. The van der Waals surface area contributed by atoms with E-state index in [0.717, 1.165) is 37.8 Å². The fourth-order valence-corrected chi connectivity index (χ4v) is 3.61. The molecule has 2 fully saturated rings. The summed E-state index contributed by atoms with van der Waals surface area (Å²) >= 11 is 0. The molecule has 148 valence electrons. The quantitative estimate of drug-likeness (QED) is 0.802. The van der Waals surface area contributed by atoms with Crippen molar-refractivity contribution in [3.63, 3.8) is 0 Å². The van der Waals surface area contributed by atoms with E-state index in [-0.39, 0.29) is 30.1 Å². The Bertz CT molecular complexity index is 679. The average molecular weight is 384 g/mol. The number of rotatable bonds is 4. The van der Waals surface area contributed by atoms with Gasteiger partial charge in [0.2, 0.25) is 5.91 Å². The van der Waals surface area contributed by atoms with Crippen molar-refractivity contribution in [1.82, 2.24) is 9.80 Å². The van der Waals surface area contributed by atoms with Crippen LogP contribution in [0.25, 0.3) is 0 Å². The first-order valence-corrected chi connectivity index (χ1v) is 9.21. The molecule has 0 N–H and O–H groups in total. The normalized spacial score (nSPS) is 18.6. The standard InChI is InChI=1S/C19H23F3N2O3/c20-19(21,22)15-6-3-7-16(12-15)27-13-17(25)23-8-10-24(11-9-23)18(26)14-4-1-2-5-14/h3,6-7,12,14H,1-2,4-5,8-11,13H2. The molecule has 2 aliphatic rings. The summed E-state index contributed by atoms with van der Waals surface area (Å²) in [6.07, 6.45) is -0.360. The molecule has 1 heterocycles. The fourth-order valence-electron chi connectivity index (χ4n) is 3.61. The molecule has 0 bridgehead atoms. The molecule has 1 aromatic rings. The van der Waals surface area contributed by atoms with Crippen molar-refractivity contribution in [2.45, 2.75) is 31.9 Å². The summed E-state index contributed by atoms with van der Waals surface area (Å²) in [5, 5.41) is 0. The highest BCUT2D eigenvalue weighted by atomic mass is 19.4. The second-order valence-electron chi connectivity index (χ2n) is 7.00. The molecule has 0 aromatic heterocycles. The van der Waals surface area contributed by atoms with E-state index in [1.165, 1.54) is 12.1 Å². The second kappa shape index (κ2) is 8.19. The van der Waals surface area contributed by atoms with E-state index in [1.54, 1.807) is 4.90 Å². The minimum atomic E-state index is -4.45. The predicted molar refractivity (Wildman–Crippen MR) is 92.1 cm³/mol. The minimum absolute atomic E-state index is 0.00761. The van der Waals surface area contributed by atoms with Gasteiger partial charge in [-0.15, -0.1) is 0 Å². The van der Waals surface area contributed by atoms with E-state index in [9.17, 15) is 22.8 Å². The maximum absolute atomic E-state index is 12.7. The van der Waals surface area contributed by atoms with E-state index >= 15 is 0 Å². The maximum atomic E-state index is 12.7. The Morgan fingerprint density at radius 2 is 1.67 bits per heavy atom. The molecule has 8 heteroatoms. The van der Waals surface area contributed by atoms with Gasteiger partial charge in [-0.25, -0.2) is 0 Å². The fraction of sp³-hybridized carbons (Fsp3) is 0.579. The van der Waals surface area contributed by atoms with Crippen molar-refractivity contribution in [3.8, 4) is 5.75 Å². The number of hydrogen-bond acceptors (Lipinski definition) is 3. The number of halogens is 3. The van der Waals surface area contributed by atoms with Crippen molar-refractivity contribution in [2.24, 2.45) is 5.92 Å². The molecule has 27 heavy (non-hydrogen) atoms. The first-order valence-electron chi connectivity index (χ1n) is 9.21. The third kappa shape index (κ3) is 4.93. The van der Waals surface area contributed by atoms with Gasteiger partial charge >= 0.3 is 6.18 Å². The molecule has 1 aromatic carbocycles. The van der Waals surface area contributed by atoms with E-state index in [2.05, 4.69) is 0 Å². The molecule has 1 aliphatic heterocycles. The van der Waals surface area contributed by atoms with Crippen LogP contribution < -0.4 is 4.74 Å². The van der Waals surface area contributed by atoms with Gasteiger partial charge < -0.3 is 14.5 Å². The van der Waals surface area contributed by atoms with Gasteiger partial charge in [0, 0.05) is 32.1 Å². The third-order valence-electron chi connectivity index (χ3n) is 5.17. The molecule has 0 atom stereocenters. The van der Waals surface area contributed by atoms with Crippen molar-refractivity contribution >= 4 is 11.8 Å². The highest BCUT2D eigenvalue weighted by Gasteiger charge is 2.32. The number of carbonyl (C=O) groups is 2. The number of nitrogens with zero attached hydrogens (tertiary/aromatic N) is 2. The van der Waals surface area contributed by atoms with Crippen molar-refractivity contribution in [2.75, 3.05) is 32.8 Å². The molecular formula is C19H23F3N2O3. The summed E-state index contributed by atoms with van der Waals surface area (Å²) in [6, 6.07) is 4.47. The Morgan fingerprint density at radius 3 is 2.30 bits per heavy atom.